The van der Waals surface area contributed by atoms with Gasteiger partial charge < -0.3 is 30.2 Å². The Balaban J connectivity index is 1.51. The number of nitrogens with zero attached hydrogens (tertiary/aromatic N) is 1. The summed E-state index contributed by atoms with van der Waals surface area (Å²) in [5, 5.41) is 9.05. The maximum absolute atomic E-state index is 14.3. The summed E-state index contributed by atoms with van der Waals surface area (Å²) in [5.74, 6) is -0.568. The molecule has 1 aromatic heterocycles. The van der Waals surface area contributed by atoms with Crippen molar-refractivity contribution in [1.82, 2.24) is 15.6 Å². The van der Waals surface area contributed by atoms with Crippen molar-refractivity contribution in [3.63, 3.8) is 0 Å². The minimum Gasteiger partial charge on any atom is -0.489 e. The van der Waals surface area contributed by atoms with E-state index in [9.17, 15) is 18.0 Å². The Morgan fingerprint density at radius 3 is 2.92 bits per heavy atom. The van der Waals surface area contributed by atoms with Crippen molar-refractivity contribution in [2.24, 2.45) is 0 Å². The smallest absolute Gasteiger partial charge is 0.255 e. The van der Waals surface area contributed by atoms with Gasteiger partial charge in [0.05, 0.1) is 31.6 Å². The minimum absolute atomic E-state index is 0.132. The van der Waals surface area contributed by atoms with Crippen molar-refractivity contribution < 1.29 is 32.2 Å². The lowest BCUT2D eigenvalue weighted by Crippen LogP contribution is -2.42. The van der Waals surface area contributed by atoms with Gasteiger partial charge in [0.1, 0.15) is 24.3 Å². The summed E-state index contributed by atoms with van der Waals surface area (Å²) in [6, 6.07) is 5.66. The number of hydrogen-bond acceptors (Lipinski definition) is 7. The lowest BCUT2D eigenvalue weighted by molar-refractivity contribution is -0.118. The number of hydrogen-bond donors (Lipinski definition) is 3. The molecule has 2 aromatic rings. The number of rotatable bonds is 11. The first-order chi connectivity index (χ1) is 18.3. The van der Waals surface area contributed by atoms with E-state index in [-0.39, 0.29) is 40.6 Å². The molecule has 1 amide bonds. The minimum atomic E-state index is -2.73. The largest absolute Gasteiger partial charge is 0.489 e. The molecule has 1 saturated heterocycles. The van der Waals surface area contributed by atoms with Crippen molar-refractivity contribution >= 4 is 11.6 Å². The van der Waals surface area contributed by atoms with Crippen molar-refractivity contribution in [2.45, 2.75) is 44.9 Å². The third kappa shape index (κ3) is 7.05. The van der Waals surface area contributed by atoms with Gasteiger partial charge in [-0.25, -0.2) is 13.2 Å². The summed E-state index contributed by atoms with van der Waals surface area (Å²) < 4.78 is 57.4. The molecule has 204 valence electrons. The highest BCUT2D eigenvalue weighted by Crippen LogP contribution is 2.28. The third-order valence-corrected chi connectivity index (χ3v) is 6.15. The molecule has 3 N–H and O–H groups in total. The summed E-state index contributed by atoms with van der Waals surface area (Å²) in [6.07, 6.45) is 0.0623. The fraction of sp³-hybridized carbons (Fsp3) is 0.407. The Labute approximate surface area is 219 Å². The summed E-state index contributed by atoms with van der Waals surface area (Å²) >= 11 is 0. The SMILES string of the molecule is C=C(Nc1cccc(F)c1CC(F)F)C1=C(NCc2ccncc2OCC2COCCO2)C[C@@H](C)NC1=O. The van der Waals surface area contributed by atoms with Gasteiger partial charge >= 0.3 is 0 Å². The van der Waals surface area contributed by atoms with E-state index < -0.39 is 18.7 Å². The van der Waals surface area contributed by atoms with Gasteiger partial charge in [0, 0.05) is 59.8 Å². The molecule has 0 saturated carbocycles. The van der Waals surface area contributed by atoms with Crippen molar-refractivity contribution in [3.05, 3.63) is 77.1 Å². The van der Waals surface area contributed by atoms with Crippen molar-refractivity contribution in [2.75, 3.05) is 31.7 Å². The summed E-state index contributed by atoms with van der Waals surface area (Å²) in [5.41, 5.74) is 1.78. The Morgan fingerprint density at radius 1 is 1.32 bits per heavy atom. The molecular weight excluding hydrogens is 501 g/mol. The van der Waals surface area contributed by atoms with E-state index in [1.165, 1.54) is 12.1 Å². The van der Waals surface area contributed by atoms with Crippen LogP contribution in [-0.4, -0.2) is 55.9 Å². The average molecular weight is 533 g/mol. The normalized spacial score (nSPS) is 19.8. The van der Waals surface area contributed by atoms with Gasteiger partial charge in [0.2, 0.25) is 6.43 Å². The van der Waals surface area contributed by atoms with E-state index in [0.29, 0.717) is 50.8 Å². The maximum atomic E-state index is 14.3. The first kappa shape index (κ1) is 27.5. The van der Waals surface area contributed by atoms with Crippen LogP contribution >= 0.6 is 0 Å². The Bertz CT molecular complexity index is 1180. The van der Waals surface area contributed by atoms with Crippen LogP contribution in [0.4, 0.5) is 18.9 Å². The Hall–Kier alpha value is -3.57. The quantitative estimate of drug-likeness (QED) is 0.406. The maximum Gasteiger partial charge on any atom is 0.255 e. The number of pyridine rings is 1. The number of amides is 1. The van der Waals surface area contributed by atoms with Crippen LogP contribution in [0.3, 0.4) is 0 Å². The molecule has 1 aromatic carbocycles. The first-order valence-electron chi connectivity index (χ1n) is 12.4. The van der Waals surface area contributed by atoms with Crippen molar-refractivity contribution in [3.8, 4) is 5.75 Å². The molecule has 11 heteroatoms. The fourth-order valence-electron chi connectivity index (χ4n) is 4.34. The van der Waals surface area contributed by atoms with Gasteiger partial charge in [-0.15, -0.1) is 0 Å². The molecule has 4 rings (SSSR count). The van der Waals surface area contributed by atoms with Gasteiger partial charge in [-0.05, 0) is 25.1 Å². The predicted molar refractivity (Wildman–Crippen MR) is 135 cm³/mol. The van der Waals surface area contributed by atoms with Crippen LogP contribution in [0.2, 0.25) is 0 Å². The predicted octanol–water partition coefficient (Wildman–Crippen LogP) is 3.70. The molecule has 0 bridgehead atoms. The number of aromatic nitrogens is 1. The molecule has 0 radical (unpaired) electrons. The molecule has 2 aliphatic heterocycles. The molecule has 1 fully saturated rings. The van der Waals surface area contributed by atoms with Gasteiger partial charge in [-0.3, -0.25) is 9.78 Å². The second kappa shape index (κ2) is 12.8. The summed E-state index contributed by atoms with van der Waals surface area (Å²) in [6.45, 7) is 8.00. The highest BCUT2D eigenvalue weighted by molar-refractivity contribution is 6.00. The van der Waals surface area contributed by atoms with Crippen LogP contribution in [0, 0.1) is 5.82 Å². The van der Waals surface area contributed by atoms with E-state index in [1.54, 1.807) is 12.4 Å². The summed E-state index contributed by atoms with van der Waals surface area (Å²) in [7, 11) is 0. The van der Waals surface area contributed by atoms with Gasteiger partial charge in [0.15, 0.2) is 0 Å². The van der Waals surface area contributed by atoms with Gasteiger partial charge in [0.25, 0.3) is 5.91 Å². The molecule has 2 atom stereocenters. The number of carbonyl (C=O) groups is 1. The second-order valence-electron chi connectivity index (χ2n) is 9.11. The fourth-order valence-corrected chi connectivity index (χ4v) is 4.34. The lowest BCUT2D eigenvalue weighted by Gasteiger charge is -2.28. The van der Waals surface area contributed by atoms with E-state index in [1.807, 2.05) is 13.0 Å². The number of ether oxygens (including phenoxy) is 3. The number of anilines is 1. The van der Waals surface area contributed by atoms with Crippen LogP contribution in [0.15, 0.2) is 60.2 Å². The van der Waals surface area contributed by atoms with E-state index >= 15 is 0 Å². The van der Waals surface area contributed by atoms with Crippen LogP contribution in [0.5, 0.6) is 5.75 Å². The zero-order chi connectivity index (χ0) is 27.1. The van der Waals surface area contributed by atoms with E-state index in [2.05, 4.69) is 27.5 Å². The molecule has 1 unspecified atom stereocenters. The van der Waals surface area contributed by atoms with E-state index in [4.69, 9.17) is 14.2 Å². The van der Waals surface area contributed by atoms with Crippen LogP contribution in [-0.2, 0) is 27.2 Å². The highest BCUT2D eigenvalue weighted by Gasteiger charge is 2.27. The number of benzene rings is 1. The van der Waals surface area contributed by atoms with Crippen molar-refractivity contribution in [1.29, 1.82) is 0 Å². The Morgan fingerprint density at radius 2 is 2.16 bits per heavy atom. The van der Waals surface area contributed by atoms with Gasteiger partial charge in [-0.1, -0.05) is 12.6 Å². The zero-order valence-electron chi connectivity index (χ0n) is 21.1. The van der Waals surface area contributed by atoms with Crippen LogP contribution < -0.4 is 20.7 Å². The monoisotopic (exact) mass is 532 g/mol. The molecule has 38 heavy (non-hydrogen) atoms. The number of alkyl halides is 2. The van der Waals surface area contributed by atoms with Crippen LogP contribution in [0.25, 0.3) is 0 Å². The second-order valence-corrected chi connectivity index (χ2v) is 9.11. The van der Waals surface area contributed by atoms with Gasteiger partial charge in [-0.2, -0.15) is 0 Å². The lowest BCUT2D eigenvalue weighted by atomic mass is 9.98. The van der Waals surface area contributed by atoms with E-state index in [0.717, 1.165) is 11.6 Å². The van der Waals surface area contributed by atoms with Crippen LogP contribution in [0.1, 0.15) is 24.5 Å². The topological polar surface area (TPSA) is 93.7 Å². The number of carbonyl (C=O) groups excluding carboxylic acids is 1. The average Bonchev–Trinajstić information content (AvgIpc) is 2.88. The zero-order valence-corrected chi connectivity index (χ0v) is 21.1. The molecule has 2 aliphatic rings. The summed E-state index contributed by atoms with van der Waals surface area (Å²) in [4.78, 5) is 17.1. The molecule has 0 aliphatic carbocycles. The Kier molecular flexibility index (Phi) is 9.24. The number of nitrogens with one attached hydrogen (secondary N) is 3. The molecule has 8 nitrogen and oxygen atoms in total. The standard InChI is InChI=1S/C27H31F3N4O4/c1-16-10-23(32-12-18-6-7-31-13-24(18)38-15-19-14-36-8-9-37-19)26(27(35)33-16)17(2)34-22-5-3-4-21(28)20(22)11-25(29)30/h3-7,13,16,19,25,32,34H,2,8-12,14-15H2,1H3,(H,33,35)/t16-,19?/m1/s1. The third-order valence-electron chi connectivity index (χ3n) is 6.15. The number of halogens is 3. The molecule has 3 heterocycles. The highest BCUT2D eigenvalue weighted by atomic mass is 19.3. The first-order valence-corrected chi connectivity index (χ1v) is 12.4. The molecule has 0 spiro atoms. The molecular formula is C27H31F3N4O4.